The van der Waals surface area contributed by atoms with E-state index in [-0.39, 0.29) is 33.7 Å². The van der Waals surface area contributed by atoms with Crippen LogP contribution in [0.4, 0.5) is 15.8 Å². The van der Waals surface area contributed by atoms with Crippen molar-refractivity contribution in [2.75, 3.05) is 22.5 Å². The summed E-state index contributed by atoms with van der Waals surface area (Å²) >= 11 is 5.67. The quantitative estimate of drug-likeness (QED) is 0.773. The summed E-state index contributed by atoms with van der Waals surface area (Å²) in [6, 6.07) is 8.41. The number of rotatable bonds is 5. The van der Waals surface area contributed by atoms with Gasteiger partial charge in [-0.3, -0.25) is 9.59 Å². The molecule has 0 spiro atoms. The molecule has 29 heavy (non-hydrogen) atoms. The van der Waals surface area contributed by atoms with Crippen molar-refractivity contribution in [2.45, 2.75) is 31.1 Å². The van der Waals surface area contributed by atoms with Gasteiger partial charge in [0.05, 0.1) is 15.7 Å². The van der Waals surface area contributed by atoms with Crippen molar-refractivity contribution in [3.05, 3.63) is 52.8 Å². The molecular formula is C20H20ClFN2O4S. The number of hydrogen-bond donors (Lipinski definition) is 1. The SMILES string of the molecule is CC(=O)N1CCCc2cc(S(=O)(=O)CCC(=O)Nc3ccc(F)c(Cl)c3)ccc21. The Morgan fingerprint density at radius 2 is 1.97 bits per heavy atom. The van der Waals surface area contributed by atoms with Crippen LogP contribution in [0.25, 0.3) is 0 Å². The highest BCUT2D eigenvalue weighted by Crippen LogP contribution is 2.30. The van der Waals surface area contributed by atoms with Crippen LogP contribution in [0.3, 0.4) is 0 Å². The van der Waals surface area contributed by atoms with Crippen LogP contribution in [0.5, 0.6) is 0 Å². The number of amides is 2. The Bertz CT molecular complexity index is 1070. The predicted octanol–water partition coefficient (Wildman–Crippen LogP) is 3.58. The maximum atomic E-state index is 13.2. The normalized spacial score (nSPS) is 13.7. The molecule has 0 saturated carbocycles. The summed E-state index contributed by atoms with van der Waals surface area (Å²) in [6.07, 6.45) is 1.20. The van der Waals surface area contributed by atoms with Crippen molar-refractivity contribution in [2.24, 2.45) is 0 Å². The van der Waals surface area contributed by atoms with Gasteiger partial charge in [-0.15, -0.1) is 0 Å². The fourth-order valence-corrected chi connectivity index (χ4v) is 4.70. The zero-order chi connectivity index (χ0) is 21.2. The molecule has 0 fully saturated rings. The second-order valence-corrected chi connectivity index (χ2v) is 9.33. The topological polar surface area (TPSA) is 83.6 Å². The molecule has 0 saturated heterocycles. The number of carbonyl (C=O) groups excluding carboxylic acids is 2. The van der Waals surface area contributed by atoms with Gasteiger partial charge in [-0.25, -0.2) is 12.8 Å². The summed E-state index contributed by atoms with van der Waals surface area (Å²) in [4.78, 5) is 25.6. The van der Waals surface area contributed by atoms with E-state index in [0.29, 0.717) is 13.0 Å². The van der Waals surface area contributed by atoms with Gasteiger partial charge in [0.1, 0.15) is 5.82 Å². The van der Waals surface area contributed by atoms with Crippen molar-refractivity contribution in [1.82, 2.24) is 0 Å². The first-order valence-electron chi connectivity index (χ1n) is 9.06. The molecular weight excluding hydrogens is 419 g/mol. The molecule has 0 bridgehead atoms. The Morgan fingerprint density at radius 3 is 2.66 bits per heavy atom. The van der Waals surface area contributed by atoms with Gasteiger partial charge >= 0.3 is 0 Å². The van der Waals surface area contributed by atoms with Crippen molar-refractivity contribution >= 4 is 44.6 Å². The Kier molecular flexibility index (Phi) is 6.24. The number of fused-ring (bicyclic) bond motifs is 1. The maximum Gasteiger partial charge on any atom is 0.225 e. The zero-order valence-corrected chi connectivity index (χ0v) is 17.3. The zero-order valence-electron chi connectivity index (χ0n) is 15.7. The molecule has 0 aliphatic carbocycles. The minimum atomic E-state index is -3.68. The molecule has 2 amide bonds. The van der Waals surface area contributed by atoms with Gasteiger partial charge < -0.3 is 10.2 Å². The summed E-state index contributed by atoms with van der Waals surface area (Å²) in [5, 5.41) is 2.37. The highest BCUT2D eigenvalue weighted by molar-refractivity contribution is 7.91. The molecule has 1 heterocycles. The highest BCUT2D eigenvalue weighted by atomic mass is 35.5. The number of anilines is 2. The third-order valence-corrected chi connectivity index (χ3v) is 6.71. The van der Waals surface area contributed by atoms with Crippen LogP contribution < -0.4 is 10.2 Å². The molecule has 2 aromatic carbocycles. The van der Waals surface area contributed by atoms with E-state index in [1.54, 1.807) is 17.0 Å². The Morgan fingerprint density at radius 1 is 1.21 bits per heavy atom. The van der Waals surface area contributed by atoms with Crippen LogP contribution in [0.2, 0.25) is 5.02 Å². The van der Waals surface area contributed by atoms with Gasteiger partial charge in [0.2, 0.25) is 11.8 Å². The number of nitrogens with one attached hydrogen (secondary N) is 1. The summed E-state index contributed by atoms with van der Waals surface area (Å²) in [7, 11) is -3.68. The van der Waals surface area contributed by atoms with Crippen molar-refractivity contribution in [1.29, 1.82) is 0 Å². The number of aryl methyl sites for hydroxylation is 1. The fraction of sp³-hybridized carbons (Fsp3) is 0.300. The molecule has 0 unspecified atom stereocenters. The van der Waals surface area contributed by atoms with E-state index in [1.807, 2.05) is 0 Å². The average Bonchev–Trinajstić information content (AvgIpc) is 2.68. The van der Waals surface area contributed by atoms with E-state index in [0.717, 1.165) is 23.7 Å². The fourth-order valence-electron chi connectivity index (χ4n) is 3.24. The molecule has 6 nitrogen and oxygen atoms in total. The van der Waals surface area contributed by atoms with Gasteiger partial charge in [-0.05, 0) is 54.8 Å². The van der Waals surface area contributed by atoms with Crippen LogP contribution >= 0.6 is 11.6 Å². The molecule has 1 aliphatic heterocycles. The molecule has 0 radical (unpaired) electrons. The number of nitrogens with zero attached hydrogens (tertiary/aromatic N) is 1. The first-order chi connectivity index (χ1) is 13.7. The molecule has 3 rings (SSSR count). The van der Waals surface area contributed by atoms with Crippen molar-refractivity contribution in [3.8, 4) is 0 Å². The lowest BCUT2D eigenvalue weighted by Crippen LogP contribution is -2.33. The van der Waals surface area contributed by atoms with Gasteiger partial charge in [0.25, 0.3) is 0 Å². The average molecular weight is 439 g/mol. The lowest BCUT2D eigenvalue weighted by molar-refractivity contribution is -0.117. The Balaban J connectivity index is 1.68. The van der Waals surface area contributed by atoms with E-state index >= 15 is 0 Å². The Labute approximate surface area is 173 Å². The number of halogens is 2. The van der Waals surface area contributed by atoms with Crippen LogP contribution in [-0.4, -0.2) is 32.5 Å². The number of carbonyl (C=O) groups is 2. The number of benzene rings is 2. The summed E-state index contributed by atoms with van der Waals surface area (Å²) in [5.74, 6) is -1.58. The lowest BCUT2D eigenvalue weighted by atomic mass is 10.0. The van der Waals surface area contributed by atoms with Crippen molar-refractivity contribution in [3.63, 3.8) is 0 Å². The van der Waals surface area contributed by atoms with E-state index in [9.17, 15) is 22.4 Å². The maximum absolute atomic E-state index is 13.2. The van der Waals surface area contributed by atoms with Crippen LogP contribution in [0.15, 0.2) is 41.3 Å². The third-order valence-electron chi connectivity index (χ3n) is 4.71. The van der Waals surface area contributed by atoms with E-state index < -0.39 is 21.6 Å². The van der Waals surface area contributed by atoms with E-state index in [2.05, 4.69) is 5.32 Å². The predicted molar refractivity (Wildman–Crippen MR) is 109 cm³/mol. The smallest absolute Gasteiger partial charge is 0.225 e. The Hall–Kier alpha value is -2.45. The van der Waals surface area contributed by atoms with Gasteiger partial charge in [-0.2, -0.15) is 0 Å². The lowest BCUT2D eigenvalue weighted by Gasteiger charge is -2.28. The molecule has 2 aromatic rings. The van der Waals surface area contributed by atoms with Crippen LogP contribution in [0, 0.1) is 5.82 Å². The summed E-state index contributed by atoms with van der Waals surface area (Å²) in [6.45, 7) is 2.09. The largest absolute Gasteiger partial charge is 0.326 e. The second kappa shape index (κ2) is 8.51. The van der Waals surface area contributed by atoms with Gasteiger partial charge in [0, 0.05) is 31.3 Å². The van der Waals surface area contributed by atoms with Crippen LogP contribution in [-0.2, 0) is 25.8 Å². The standard InChI is InChI=1S/C20H20ClFN2O4S/c1-13(25)24-9-2-3-14-11-16(5-7-19(14)24)29(27,28)10-8-20(26)23-15-4-6-18(22)17(21)12-15/h4-7,11-12H,2-3,8-10H2,1H3,(H,23,26). The van der Waals surface area contributed by atoms with Crippen molar-refractivity contribution < 1.29 is 22.4 Å². The molecule has 1 N–H and O–H groups in total. The minimum absolute atomic E-state index is 0.0841. The second-order valence-electron chi connectivity index (χ2n) is 6.81. The summed E-state index contributed by atoms with van der Waals surface area (Å²) < 4.78 is 38.5. The molecule has 154 valence electrons. The number of sulfone groups is 1. The molecule has 0 atom stereocenters. The molecule has 0 aromatic heterocycles. The first-order valence-corrected chi connectivity index (χ1v) is 11.1. The number of hydrogen-bond acceptors (Lipinski definition) is 4. The molecule has 1 aliphatic rings. The van der Waals surface area contributed by atoms with Gasteiger partial charge in [0.15, 0.2) is 9.84 Å². The van der Waals surface area contributed by atoms with E-state index in [4.69, 9.17) is 11.6 Å². The van der Waals surface area contributed by atoms with Crippen LogP contribution in [0.1, 0.15) is 25.3 Å². The highest BCUT2D eigenvalue weighted by Gasteiger charge is 2.23. The monoisotopic (exact) mass is 438 g/mol. The third kappa shape index (κ3) is 4.94. The van der Waals surface area contributed by atoms with E-state index in [1.165, 1.54) is 25.1 Å². The summed E-state index contributed by atoms with van der Waals surface area (Å²) in [5.41, 5.74) is 1.82. The van der Waals surface area contributed by atoms with Gasteiger partial charge in [-0.1, -0.05) is 11.6 Å². The minimum Gasteiger partial charge on any atom is -0.326 e. The molecule has 9 heteroatoms. The first kappa shape index (κ1) is 21.3.